The van der Waals surface area contributed by atoms with Gasteiger partial charge in [-0.05, 0) is 18.2 Å². The zero-order chi connectivity index (χ0) is 15.5. The van der Waals surface area contributed by atoms with Crippen LogP contribution in [0.3, 0.4) is 0 Å². The first-order valence-corrected chi connectivity index (χ1v) is 5.49. The predicted molar refractivity (Wildman–Crippen MR) is 62.4 cm³/mol. The lowest BCUT2D eigenvalue weighted by Crippen LogP contribution is -2.49. The highest BCUT2D eigenvalue weighted by Gasteiger charge is 2.51. The molecule has 1 rings (SSSR count). The number of amides is 1. The van der Waals surface area contributed by atoms with E-state index in [0.717, 1.165) is 12.1 Å². The van der Waals surface area contributed by atoms with Crippen molar-refractivity contribution in [3.8, 4) is 0 Å². The Morgan fingerprint density at radius 3 is 2.40 bits per heavy atom. The van der Waals surface area contributed by atoms with Gasteiger partial charge in [0.15, 0.2) is 0 Å². The van der Waals surface area contributed by atoms with Gasteiger partial charge in [-0.2, -0.15) is 8.78 Å². The number of carbonyl (C=O) groups is 2. The quantitative estimate of drug-likeness (QED) is 0.850. The molecule has 0 bridgehead atoms. The fourth-order valence-corrected chi connectivity index (χ4v) is 1.52. The molecule has 1 amide bonds. The van der Waals surface area contributed by atoms with Gasteiger partial charge in [-0.15, -0.1) is 0 Å². The molecule has 0 fully saturated rings. The van der Waals surface area contributed by atoms with Crippen molar-refractivity contribution in [2.45, 2.75) is 12.3 Å². The Morgan fingerprint density at radius 1 is 1.35 bits per heavy atom. The van der Waals surface area contributed by atoms with Crippen molar-refractivity contribution in [2.75, 3.05) is 11.4 Å². The van der Waals surface area contributed by atoms with Crippen LogP contribution >= 0.6 is 11.6 Å². The fourth-order valence-electron chi connectivity index (χ4n) is 1.33. The van der Waals surface area contributed by atoms with E-state index in [0.29, 0.717) is 0 Å². The minimum Gasteiger partial charge on any atom is -0.480 e. The van der Waals surface area contributed by atoms with Crippen molar-refractivity contribution in [1.29, 1.82) is 0 Å². The summed E-state index contributed by atoms with van der Waals surface area (Å²) in [7, 11) is 0. The zero-order valence-corrected chi connectivity index (χ0v) is 10.5. The normalized spacial score (nSPS) is 11.5. The number of hydrogen-bond acceptors (Lipinski definition) is 2. The second-order valence-electron chi connectivity index (χ2n) is 3.69. The van der Waals surface area contributed by atoms with Gasteiger partial charge in [-0.3, -0.25) is 14.5 Å². The van der Waals surface area contributed by atoms with Crippen LogP contribution in [0.2, 0.25) is 5.02 Å². The minimum absolute atomic E-state index is 0.0334. The molecule has 0 radical (unpaired) electrons. The van der Waals surface area contributed by atoms with E-state index in [4.69, 9.17) is 16.7 Å². The molecule has 4 nitrogen and oxygen atoms in total. The molecule has 1 aromatic carbocycles. The van der Waals surface area contributed by atoms with E-state index in [1.165, 1.54) is 12.1 Å². The largest absolute Gasteiger partial charge is 0.480 e. The average molecular weight is 314 g/mol. The molecular formula is C11H8ClF4NO3. The fraction of sp³-hybridized carbons (Fsp3) is 0.273. The number of halogens is 5. The van der Waals surface area contributed by atoms with Crippen LogP contribution in [0.5, 0.6) is 0 Å². The molecule has 0 unspecified atom stereocenters. The molecule has 110 valence electrons. The van der Waals surface area contributed by atoms with Crippen LogP contribution in [-0.2, 0) is 9.59 Å². The van der Waals surface area contributed by atoms with Gasteiger partial charge in [0.05, 0.1) is 0 Å². The van der Waals surface area contributed by atoms with Gasteiger partial charge in [0.1, 0.15) is 6.54 Å². The van der Waals surface area contributed by atoms with E-state index >= 15 is 0 Å². The van der Waals surface area contributed by atoms with E-state index in [9.17, 15) is 27.2 Å². The standard InChI is InChI=1S/C11H8ClF4NO3/c12-6-2-1-3-7(4-6)17(5-8(18)19)10(20)11(15,16)9(13)14/h1-4,9H,5H2,(H,18,19). The van der Waals surface area contributed by atoms with Crippen LogP contribution in [0.1, 0.15) is 0 Å². The summed E-state index contributed by atoms with van der Waals surface area (Å²) in [5, 5.41) is 8.64. The van der Waals surface area contributed by atoms with E-state index in [1.807, 2.05) is 0 Å². The van der Waals surface area contributed by atoms with Crippen LogP contribution in [-0.4, -0.2) is 35.9 Å². The van der Waals surface area contributed by atoms with Crippen molar-refractivity contribution >= 4 is 29.2 Å². The lowest BCUT2D eigenvalue weighted by atomic mass is 10.2. The maximum atomic E-state index is 13.1. The first-order valence-electron chi connectivity index (χ1n) is 5.11. The van der Waals surface area contributed by atoms with E-state index in [2.05, 4.69) is 0 Å². The van der Waals surface area contributed by atoms with E-state index < -0.39 is 30.8 Å². The Hall–Kier alpha value is -1.83. The minimum atomic E-state index is -4.99. The molecule has 20 heavy (non-hydrogen) atoms. The lowest BCUT2D eigenvalue weighted by molar-refractivity contribution is -0.167. The topological polar surface area (TPSA) is 57.6 Å². The molecule has 0 atom stereocenters. The predicted octanol–water partition coefficient (Wildman–Crippen LogP) is 2.66. The van der Waals surface area contributed by atoms with Crippen LogP contribution < -0.4 is 4.90 Å². The third-order valence-corrected chi connectivity index (χ3v) is 2.45. The Morgan fingerprint density at radius 2 is 1.95 bits per heavy atom. The Kier molecular flexibility index (Phi) is 4.93. The number of carboxylic acid groups (broad SMARTS) is 1. The number of rotatable bonds is 5. The Bertz CT molecular complexity index is 524. The van der Waals surface area contributed by atoms with Gasteiger partial charge in [-0.25, -0.2) is 8.78 Å². The summed E-state index contributed by atoms with van der Waals surface area (Å²) in [4.78, 5) is 22.1. The Labute approximate surface area is 115 Å². The summed E-state index contributed by atoms with van der Waals surface area (Å²) in [5.74, 6) is -8.93. The van der Waals surface area contributed by atoms with Crippen LogP contribution in [0.25, 0.3) is 0 Å². The smallest absolute Gasteiger partial charge is 0.384 e. The number of carbonyl (C=O) groups excluding carboxylic acids is 1. The Balaban J connectivity index is 3.20. The number of nitrogens with zero attached hydrogens (tertiary/aromatic N) is 1. The van der Waals surface area contributed by atoms with Crippen molar-refractivity contribution in [3.63, 3.8) is 0 Å². The first-order chi connectivity index (χ1) is 9.16. The molecule has 0 aliphatic carbocycles. The highest BCUT2D eigenvalue weighted by molar-refractivity contribution is 6.31. The molecule has 0 aromatic heterocycles. The summed E-state index contributed by atoms with van der Waals surface area (Å²) < 4.78 is 50.5. The number of carboxylic acids is 1. The summed E-state index contributed by atoms with van der Waals surface area (Å²) in [6, 6.07) is 4.73. The summed E-state index contributed by atoms with van der Waals surface area (Å²) in [5.41, 5.74) is -0.315. The van der Waals surface area contributed by atoms with E-state index in [-0.39, 0.29) is 15.6 Å². The highest BCUT2D eigenvalue weighted by Crippen LogP contribution is 2.29. The van der Waals surface area contributed by atoms with Gasteiger partial charge >= 0.3 is 24.2 Å². The molecular weight excluding hydrogens is 306 g/mol. The number of hydrogen-bond donors (Lipinski definition) is 1. The average Bonchev–Trinajstić information content (AvgIpc) is 2.34. The number of benzene rings is 1. The molecule has 1 N–H and O–H groups in total. The number of alkyl halides is 4. The van der Waals surface area contributed by atoms with E-state index in [1.54, 1.807) is 0 Å². The van der Waals surface area contributed by atoms with Gasteiger partial charge in [-0.1, -0.05) is 17.7 Å². The second-order valence-corrected chi connectivity index (χ2v) is 4.13. The number of anilines is 1. The molecule has 0 saturated carbocycles. The highest BCUT2D eigenvalue weighted by atomic mass is 35.5. The third kappa shape index (κ3) is 3.60. The van der Waals surface area contributed by atoms with Crippen molar-refractivity contribution < 1.29 is 32.3 Å². The molecule has 0 spiro atoms. The summed E-state index contributed by atoms with van der Waals surface area (Å²) >= 11 is 5.59. The zero-order valence-electron chi connectivity index (χ0n) is 9.69. The lowest BCUT2D eigenvalue weighted by Gasteiger charge is -2.25. The van der Waals surface area contributed by atoms with Gasteiger partial charge in [0.25, 0.3) is 0 Å². The van der Waals surface area contributed by atoms with Gasteiger partial charge < -0.3 is 5.11 Å². The first kappa shape index (κ1) is 16.2. The van der Waals surface area contributed by atoms with Crippen molar-refractivity contribution in [2.24, 2.45) is 0 Å². The molecule has 0 heterocycles. The monoisotopic (exact) mass is 313 g/mol. The summed E-state index contributed by atoms with van der Waals surface area (Å²) in [6.07, 6.45) is -4.24. The van der Waals surface area contributed by atoms with Gasteiger partial charge in [0.2, 0.25) is 0 Å². The second kappa shape index (κ2) is 6.08. The summed E-state index contributed by atoms with van der Waals surface area (Å²) in [6.45, 7) is -1.19. The third-order valence-electron chi connectivity index (χ3n) is 2.22. The van der Waals surface area contributed by atoms with Crippen molar-refractivity contribution in [1.82, 2.24) is 0 Å². The molecule has 0 aliphatic heterocycles. The number of aliphatic carboxylic acids is 1. The maximum Gasteiger partial charge on any atom is 0.384 e. The molecule has 0 aliphatic rings. The van der Waals surface area contributed by atoms with Crippen LogP contribution in [0, 0.1) is 0 Å². The maximum absolute atomic E-state index is 13.1. The van der Waals surface area contributed by atoms with Crippen LogP contribution in [0.4, 0.5) is 23.2 Å². The van der Waals surface area contributed by atoms with Crippen molar-refractivity contribution in [3.05, 3.63) is 29.3 Å². The SMILES string of the molecule is O=C(O)CN(C(=O)C(F)(F)C(F)F)c1cccc(Cl)c1. The molecule has 0 saturated heterocycles. The van der Waals surface area contributed by atoms with Gasteiger partial charge in [0, 0.05) is 10.7 Å². The molecule has 1 aromatic rings. The van der Waals surface area contributed by atoms with Crippen LogP contribution in [0.15, 0.2) is 24.3 Å². The molecule has 9 heteroatoms.